The summed E-state index contributed by atoms with van der Waals surface area (Å²) in [5.74, 6) is -7.57. The molecule has 3 N–H and O–H groups in total. The van der Waals surface area contributed by atoms with Crippen LogP contribution in [-0.2, 0) is 52.2 Å². The van der Waals surface area contributed by atoms with Crippen LogP contribution in [0.25, 0.3) is 0 Å². The first kappa shape index (κ1) is 49.1. The van der Waals surface area contributed by atoms with Gasteiger partial charge in [0.05, 0.1) is 67.0 Å². The van der Waals surface area contributed by atoms with E-state index < -0.39 is 71.3 Å². The fraction of sp³-hybridized carbons (Fsp3) is 0.902. The van der Waals surface area contributed by atoms with Gasteiger partial charge in [-0.05, 0) is 59.0 Å². The van der Waals surface area contributed by atoms with E-state index >= 15 is 0 Å². The van der Waals surface area contributed by atoms with Crippen molar-refractivity contribution in [3.63, 3.8) is 0 Å². The van der Waals surface area contributed by atoms with Gasteiger partial charge in [0.2, 0.25) is 5.79 Å². The monoisotopic (exact) mass is 822 g/mol. The molecule has 57 heavy (non-hydrogen) atoms. The van der Waals surface area contributed by atoms with E-state index in [1.165, 1.54) is 28.1 Å². The number of Topliss-reactive ketones (excluding diaryl/α,β-unsaturated/α-hetero) is 1. The minimum atomic E-state index is -2.55. The third-order valence-corrected chi connectivity index (χ3v) is 14.2. The molecular formula is C41H67NaO15. The van der Waals surface area contributed by atoms with Gasteiger partial charge in [-0.1, -0.05) is 33.8 Å². The van der Waals surface area contributed by atoms with Crippen LogP contribution in [0.5, 0.6) is 0 Å². The standard InChI is InChI=1S/C41H68O15.Na/c1-20(25(6)42)17-21(2)33(43)29-14-13-27(52-29)28-15-16-31(53-28)39(8)36(50-11)24(5)41(56-39)22(3)30(48-9)18-26(54-41)19-32-38(7,51-12)35(49-10)23(4)40(47,55-32)34(44)37(45)46;/h17,21-24,26-36,43-44,47H,13-16,18-19H2,1-12H3,(H,45,46);/q;+1/p-1/b20-17+;/t21-,22+,23-,24+,26-,27+,28-,29+,30+,31+,32-,33-,34-,35-,36+,38-,39+,40-,41-;/m0./s1. The molecule has 5 rings (SSSR count). The molecule has 5 aliphatic heterocycles. The van der Waals surface area contributed by atoms with Gasteiger partial charge in [-0.3, -0.25) is 4.79 Å². The van der Waals surface area contributed by atoms with E-state index in [1.807, 2.05) is 27.7 Å². The molecule has 0 radical (unpaired) electrons. The fourth-order valence-electron chi connectivity index (χ4n) is 10.7. The van der Waals surface area contributed by atoms with Gasteiger partial charge < -0.3 is 67.9 Å². The first-order valence-electron chi connectivity index (χ1n) is 20.2. The number of carboxylic acids is 1. The smallest absolute Gasteiger partial charge is 0.547 e. The molecule has 5 aliphatic rings. The average Bonchev–Trinajstić information content (AvgIpc) is 3.90. The maximum Gasteiger partial charge on any atom is 1.00 e. The van der Waals surface area contributed by atoms with Crippen molar-refractivity contribution in [3.8, 4) is 0 Å². The number of rotatable bonds is 14. The number of methoxy groups -OCH3 is 4. The number of ketones is 1. The van der Waals surface area contributed by atoms with Crippen molar-refractivity contribution in [2.24, 2.45) is 23.7 Å². The van der Waals surface area contributed by atoms with Crippen molar-refractivity contribution < 1.29 is 102 Å². The maximum absolute atomic E-state index is 11.9. The van der Waals surface area contributed by atoms with E-state index in [9.17, 15) is 30.0 Å². The molecule has 1 spiro atoms. The Bertz CT molecular complexity index is 1430. The largest absolute Gasteiger partial charge is 1.00 e. The molecule has 5 heterocycles. The number of carboxylic acid groups (broad SMARTS) is 1. The summed E-state index contributed by atoms with van der Waals surface area (Å²) in [6.45, 7) is 14.5. The molecule has 16 heteroatoms. The number of allylic oxidation sites excluding steroid dienone is 1. The van der Waals surface area contributed by atoms with E-state index in [-0.39, 0.29) is 90.0 Å². The first-order valence-corrected chi connectivity index (χ1v) is 20.2. The average molecular weight is 823 g/mol. The van der Waals surface area contributed by atoms with Crippen LogP contribution in [0.15, 0.2) is 11.6 Å². The number of hydrogen-bond acceptors (Lipinski definition) is 15. The summed E-state index contributed by atoms with van der Waals surface area (Å²) in [6.07, 6.45) is -2.55. The molecule has 0 bridgehead atoms. The van der Waals surface area contributed by atoms with Crippen LogP contribution in [0, 0.1) is 23.7 Å². The molecular weight excluding hydrogens is 755 g/mol. The molecule has 5 saturated heterocycles. The number of hydrogen-bond donors (Lipinski definition) is 3. The molecule has 0 amide bonds. The third-order valence-electron chi connectivity index (χ3n) is 14.2. The number of carbonyl (C=O) groups is 2. The van der Waals surface area contributed by atoms with E-state index in [4.69, 9.17) is 42.6 Å². The Kier molecular flexibility index (Phi) is 16.2. The Morgan fingerprint density at radius 3 is 2.05 bits per heavy atom. The second-order valence-corrected chi connectivity index (χ2v) is 17.4. The summed E-state index contributed by atoms with van der Waals surface area (Å²) >= 11 is 0. The van der Waals surface area contributed by atoms with Crippen LogP contribution < -0.4 is 34.7 Å². The van der Waals surface area contributed by atoms with E-state index in [0.29, 0.717) is 24.8 Å². The van der Waals surface area contributed by atoms with Gasteiger partial charge in [0.1, 0.15) is 17.3 Å². The Morgan fingerprint density at radius 1 is 0.877 bits per heavy atom. The van der Waals surface area contributed by atoms with Crippen molar-refractivity contribution in [3.05, 3.63) is 11.6 Å². The van der Waals surface area contributed by atoms with Crippen molar-refractivity contribution in [2.75, 3.05) is 28.4 Å². The Hall–Kier alpha value is -0.600. The van der Waals surface area contributed by atoms with Crippen molar-refractivity contribution in [1.82, 2.24) is 0 Å². The Morgan fingerprint density at radius 2 is 1.49 bits per heavy atom. The topological polar surface area (TPSA) is 201 Å². The van der Waals surface area contributed by atoms with Crippen LogP contribution >= 0.6 is 0 Å². The Labute approximate surface area is 360 Å². The van der Waals surface area contributed by atoms with Crippen LogP contribution in [0.1, 0.15) is 93.9 Å². The van der Waals surface area contributed by atoms with Crippen LogP contribution in [0.2, 0.25) is 0 Å². The molecule has 0 unspecified atom stereocenters. The van der Waals surface area contributed by atoms with Crippen molar-refractivity contribution in [1.29, 1.82) is 0 Å². The molecule has 15 nitrogen and oxygen atoms in total. The quantitative estimate of drug-likeness (QED) is 0.140. The zero-order chi connectivity index (χ0) is 41.7. The summed E-state index contributed by atoms with van der Waals surface area (Å²) in [5.41, 5.74) is -1.55. The Balaban J connectivity index is 0.00000720. The van der Waals surface area contributed by atoms with Gasteiger partial charge in [-0.2, -0.15) is 0 Å². The molecule has 0 aromatic carbocycles. The van der Waals surface area contributed by atoms with Gasteiger partial charge in [-0.25, -0.2) is 0 Å². The zero-order valence-corrected chi connectivity index (χ0v) is 38.2. The number of ether oxygens (including phenoxy) is 9. The van der Waals surface area contributed by atoms with Crippen LogP contribution in [0.3, 0.4) is 0 Å². The summed E-state index contributed by atoms with van der Waals surface area (Å²) in [5, 5.41) is 45.2. The molecule has 19 atom stereocenters. The molecule has 5 fully saturated rings. The SMILES string of the molecule is CO[C@@H]1[C@@H](C)[C@@]2(O[C@H](C[C@@H]3O[C@](O)([C@@H](O)C(=O)[O-])[C@@H](C)[C@H](OC)[C@@]3(C)OC)C[C@@H](OC)[C@H]2C)O[C@]1(C)[C@H]1CC[C@@H]([C@H]2CC[C@H]([C@@H](O)[C@@H](C)/C=C(\C)C(C)=O)O2)O1.[Na+]. The maximum atomic E-state index is 11.9. The third kappa shape index (κ3) is 8.75. The molecule has 0 saturated carbocycles. The second-order valence-electron chi connectivity index (χ2n) is 17.4. The predicted molar refractivity (Wildman–Crippen MR) is 198 cm³/mol. The number of aliphatic carboxylic acids is 1. The van der Waals surface area contributed by atoms with Gasteiger partial charge >= 0.3 is 29.6 Å². The summed E-state index contributed by atoms with van der Waals surface area (Å²) in [6, 6.07) is 0. The summed E-state index contributed by atoms with van der Waals surface area (Å²) in [7, 11) is 6.20. The normalized spacial score (nSPS) is 46.8. The van der Waals surface area contributed by atoms with Crippen molar-refractivity contribution >= 4 is 11.8 Å². The number of aliphatic hydroxyl groups excluding tert-OH is 2. The molecule has 0 aromatic heterocycles. The minimum Gasteiger partial charge on any atom is -0.547 e. The minimum absolute atomic E-state index is 0. The second kappa shape index (κ2) is 18.8. The predicted octanol–water partition coefficient (Wildman–Crippen LogP) is -1.16. The van der Waals surface area contributed by atoms with Gasteiger partial charge in [0.15, 0.2) is 11.6 Å². The summed E-state index contributed by atoms with van der Waals surface area (Å²) < 4.78 is 57.7. The van der Waals surface area contributed by atoms with E-state index in [2.05, 4.69) is 0 Å². The van der Waals surface area contributed by atoms with E-state index in [1.54, 1.807) is 34.1 Å². The molecule has 322 valence electrons. The first-order chi connectivity index (χ1) is 26.2. The molecule has 0 aromatic rings. The van der Waals surface area contributed by atoms with Gasteiger partial charge in [-0.15, -0.1) is 0 Å². The van der Waals surface area contributed by atoms with E-state index in [0.717, 1.165) is 12.8 Å². The summed E-state index contributed by atoms with van der Waals surface area (Å²) in [4.78, 5) is 23.6. The van der Waals surface area contributed by atoms with Crippen LogP contribution in [-0.4, -0.2) is 145 Å². The van der Waals surface area contributed by atoms with Crippen LogP contribution in [0.4, 0.5) is 0 Å². The van der Waals surface area contributed by atoms with Gasteiger partial charge in [0.25, 0.3) is 0 Å². The fourth-order valence-corrected chi connectivity index (χ4v) is 10.7. The number of carbonyl (C=O) groups excluding carboxylic acids is 2. The number of aliphatic hydroxyl groups is 3. The molecule has 0 aliphatic carbocycles. The van der Waals surface area contributed by atoms with Gasteiger partial charge in [0, 0.05) is 65.0 Å². The van der Waals surface area contributed by atoms with Crippen molar-refractivity contribution in [2.45, 2.75) is 184 Å². The zero-order valence-electron chi connectivity index (χ0n) is 36.2.